The zero-order chi connectivity index (χ0) is 39.7. The Morgan fingerprint density at radius 1 is 1.02 bits per heavy atom. The summed E-state index contributed by atoms with van der Waals surface area (Å²) >= 11 is 0. The lowest BCUT2D eigenvalue weighted by Crippen LogP contribution is -2.64. The third-order valence-corrected chi connectivity index (χ3v) is 16.5. The molecule has 0 spiro atoms. The number of aliphatic carboxylic acids is 1. The van der Waals surface area contributed by atoms with E-state index in [2.05, 4.69) is 64.5 Å². The van der Waals surface area contributed by atoms with Crippen molar-refractivity contribution >= 4 is 23.5 Å². The molecule has 10 heteroatoms. The number of hydrogen-bond acceptors (Lipinski definition) is 7. The molecule has 1 aliphatic heterocycles. The van der Waals surface area contributed by atoms with Gasteiger partial charge >= 0.3 is 12.1 Å². The second-order valence-electron chi connectivity index (χ2n) is 21.7. The highest BCUT2D eigenvalue weighted by molar-refractivity contribution is 5.75. The van der Waals surface area contributed by atoms with Crippen LogP contribution in [-0.4, -0.2) is 68.9 Å². The Hall–Kier alpha value is -3.27. The van der Waals surface area contributed by atoms with Crippen molar-refractivity contribution in [3.05, 3.63) is 40.5 Å². The lowest BCUT2D eigenvalue weighted by molar-refractivity contribution is -0.161. The fourth-order valence-corrected chi connectivity index (χ4v) is 13.9. The maximum atomic E-state index is 13.0. The summed E-state index contributed by atoms with van der Waals surface area (Å²) in [6.07, 6.45) is 9.66. The number of anilines is 1. The van der Waals surface area contributed by atoms with Crippen LogP contribution in [-0.2, 0) is 27.9 Å². The van der Waals surface area contributed by atoms with E-state index in [9.17, 15) is 14.7 Å². The fourth-order valence-electron chi connectivity index (χ4n) is 13.9. The van der Waals surface area contributed by atoms with Gasteiger partial charge in [-0.15, -0.1) is 0 Å². The second kappa shape index (κ2) is 12.6. The number of amides is 1. The van der Waals surface area contributed by atoms with Gasteiger partial charge in [-0.3, -0.25) is 14.8 Å². The van der Waals surface area contributed by atoms with Gasteiger partial charge in [0.15, 0.2) is 0 Å². The van der Waals surface area contributed by atoms with Gasteiger partial charge in [0.1, 0.15) is 17.2 Å². The van der Waals surface area contributed by atoms with Gasteiger partial charge in [-0.1, -0.05) is 54.0 Å². The smallest absolute Gasteiger partial charge is 0.410 e. The van der Waals surface area contributed by atoms with Crippen LogP contribution in [0.5, 0.6) is 0 Å². The number of piperazine rings is 1. The van der Waals surface area contributed by atoms with Crippen molar-refractivity contribution in [1.29, 1.82) is 0 Å². The van der Waals surface area contributed by atoms with E-state index in [0.717, 1.165) is 75.9 Å². The summed E-state index contributed by atoms with van der Waals surface area (Å²) < 4.78 is 12.1. The summed E-state index contributed by atoms with van der Waals surface area (Å²) in [7, 11) is 0. The number of nitrogens with zero attached hydrogens (tertiary/aromatic N) is 3. The van der Waals surface area contributed by atoms with Gasteiger partial charge in [-0.05, 0) is 129 Å². The predicted octanol–water partition coefficient (Wildman–Crippen LogP) is 8.92. The number of H-pyrrole nitrogens is 1. The molecule has 3 saturated carbocycles. The first-order valence-corrected chi connectivity index (χ1v) is 21.2. The van der Waals surface area contributed by atoms with Gasteiger partial charge < -0.3 is 24.9 Å². The van der Waals surface area contributed by atoms with Crippen LogP contribution < -0.4 is 5.73 Å². The van der Waals surface area contributed by atoms with Gasteiger partial charge in [0.2, 0.25) is 0 Å². The van der Waals surface area contributed by atoms with Crippen molar-refractivity contribution in [2.45, 2.75) is 138 Å². The number of carboxylic acids is 1. The standard InChI is InChI=1S/C45H67N5O5/c1-40(2,3)55-39(53)50-17-15-49(16-18-50)24-27-19-26(25-54-27)29-20-34-43(8)23-32-36(47-48-37(32)46)42(6,7)33(43)12-14-44(34,9)45(10)13-11-28-30(35(29)45)21-41(4,5)22-31(28)38(51)52/h19,25,28,30-31,33-34H,11-18,20-24H2,1-10H3,(H,51,52)(H3,46,47,48)/t28?,30?,31-,33?,34?,43?,44?,45?/m1/s1. The average molecular weight is 758 g/mol. The number of allylic oxidation sites excluding steroid dienone is 2. The molecule has 1 amide bonds. The zero-order valence-electron chi connectivity index (χ0n) is 35.2. The van der Waals surface area contributed by atoms with Crippen LogP contribution in [0, 0.1) is 51.2 Å². The summed E-state index contributed by atoms with van der Waals surface area (Å²) in [5, 5.41) is 18.6. The molecule has 55 heavy (non-hydrogen) atoms. The van der Waals surface area contributed by atoms with E-state index in [-0.39, 0.29) is 50.9 Å². The number of carboxylic acid groups (broad SMARTS) is 1. The number of aromatic amines is 1. The lowest BCUT2D eigenvalue weighted by Gasteiger charge is -2.70. The number of hydrogen-bond donors (Lipinski definition) is 3. The van der Waals surface area contributed by atoms with Crippen LogP contribution in [0.2, 0.25) is 0 Å². The molecule has 4 fully saturated rings. The fraction of sp³-hybridized carbons (Fsp3) is 0.756. The van der Waals surface area contributed by atoms with Crippen molar-refractivity contribution in [1.82, 2.24) is 20.0 Å². The van der Waals surface area contributed by atoms with Crippen molar-refractivity contribution < 1.29 is 23.8 Å². The molecule has 2 aromatic heterocycles. The van der Waals surface area contributed by atoms with Crippen LogP contribution >= 0.6 is 0 Å². The van der Waals surface area contributed by atoms with E-state index in [4.69, 9.17) is 20.0 Å². The molecule has 5 aliphatic carbocycles. The monoisotopic (exact) mass is 758 g/mol. The number of carbonyl (C=O) groups is 2. The highest BCUT2D eigenvalue weighted by Gasteiger charge is 2.69. The zero-order valence-corrected chi connectivity index (χ0v) is 35.2. The van der Waals surface area contributed by atoms with E-state index in [1.807, 2.05) is 31.9 Å². The molecule has 6 aliphatic rings. The molecule has 302 valence electrons. The highest BCUT2D eigenvalue weighted by atomic mass is 16.6. The predicted molar refractivity (Wildman–Crippen MR) is 214 cm³/mol. The largest absolute Gasteiger partial charge is 0.481 e. The SMILES string of the molecule is CC1(C)CC2C3=C(c4coc(CN5CCN(C(=O)OC(C)(C)C)CC5)c4)CC4C5(C)Cc6c(n[nH]c6N)C(C)(C)C5CCC4(C)C3(C)CCC2[C@H](C(=O)O)C1. The van der Waals surface area contributed by atoms with Crippen LogP contribution in [0.1, 0.15) is 137 Å². The van der Waals surface area contributed by atoms with Gasteiger partial charge in [-0.25, -0.2) is 4.79 Å². The summed E-state index contributed by atoms with van der Waals surface area (Å²) in [5.74, 6) is 1.91. The van der Waals surface area contributed by atoms with Crippen LogP contribution in [0.15, 0.2) is 22.3 Å². The maximum Gasteiger partial charge on any atom is 0.410 e. The third-order valence-electron chi connectivity index (χ3n) is 16.5. The van der Waals surface area contributed by atoms with E-state index in [1.54, 1.807) is 5.57 Å². The number of carbonyl (C=O) groups excluding carboxylic acids is 1. The van der Waals surface area contributed by atoms with Gasteiger partial charge in [0, 0.05) is 42.7 Å². The van der Waals surface area contributed by atoms with E-state index < -0.39 is 11.6 Å². The highest BCUT2D eigenvalue weighted by Crippen LogP contribution is 2.76. The number of nitrogens with one attached hydrogen (secondary N) is 1. The molecular formula is C45H67N5O5. The number of ether oxygens (including phenoxy) is 1. The lowest BCUT2D eigenvalue weighted by atomic mass is 9.33. The molecule has 0 bridgehead atoms. The summed E-state index contributed by atoms with van der Waals surface area (Å²) in [6, 6.07) is 2.29. The van der Waals surface area contributed by atoms with Crippen molar-refractivity contribution in [3.63, 3.8) is 0 Å². The number of fused-ring (bicyclic) bond motifs is 8. The molecular weight excluding hydrogens is 691 g/mol. The Morgan fingerprint density at radius 2 is 1.73 bits per heavy atom. The first-order valence-electron chi connectivity index (χ1n) is 21.2. The number of furan rings is 1. The van der Waals surface area contributed by atoms with Gasteiger partial charge in [-0.2, -0.15) is 5.10 Å². The number of aromatic nitrogens is 2. The molecule has 8 atom stereocenters. The maximum absolute atomic E-state index is 13.0. The topological polar surface area (TPSA) is 138 Å². The molecule has 10 nitrogen and oxygen atoms in total. The van der Waals surface area contributed by atoms with Gasteiger partial charge in [0.05, 0.1) is 24.4 Å². The Bertz CT molecular complexity index is 1890. The van der Waals surface area contributed by atoms with Crippen LogP contribution in [0.3, 0.4) is 0 Å². The minimum Gasteiger partial charge on any atom is -0.481 e. The summed E-state index contributed by atoms with van der Waals surface area (Å²) in [4.78, 5) is 29.9. The van der Waals surface area contributed by atoms with Gasteiger partial charge in [0.25, 0.3) is 0 Å². The van der Waals surface area contributed by atoms with Crippen LogP contribution in [0.4, 0.5) is 10.6 Å². The Labute approximate surface area is 328 Å². The first-order chi connectivity index (χ1) is 25.6. The minimum atomic E-state index is -0.628. The second-order valence-corrected chi connectivity index (χ2v) is 21.7. The number of nitrogen functional groups attached to an aromatic ring is 1. The normalized spacial score (nSPS) is 36.9. The number of nitrogens with two attached hydrogens (primary N) is 1. The first kappa shape index (κ1) is 38.6. The van der Waals surface area contributed by atoms with E-state index in [0.29, 0.717) is 37.3 Å². The molecule has 0 aromatic carbocycles. The van der Waals surface area contributed by atoms with Crippen molar-refractivity contribution in [2.75, 3.05) is 31.9 Å². The average Bonchev–Trinajstić information content (AvgIpc) is 3.70. The number of rotatable bonds is 4. The van der Waals surface area contributed by atoms with Crippen LogP contribution in [0.25, 0.3) is 5.57 Å². The van der Waals surface area contributed by atoms with E-state index >= 15 is 0 Å². The molecule has 8 rings (SSSR count). The molecule has 0 radical (unpaired) electrons. The summed E-state index contributed by atoms with van der Waals surface area (Å²) in [5.41, 5.74) is 12.4. The molecule has 4 N–H and O–H groups in total. The molecule has 3 heterocycles. The Kier molecular flexibility index (Phi) is 8.85. The summed E-state index contributed by atoms with van der Waals surface area (Å²) in [6.45, 7) is 26.3. The molecule has 1 saturated heterocycles. The quantitative estimate of drug-likeness (QED) is 0.281. The Balaban J connectivity index is 1.18. The third kappa shape index (κ3) is 6.00. The minimum absolute atomic E-state index is 0.00601. The molecule has 2 aromatic rings. The Morgan fingerprint density at radius 3 is 2.40 bits per heavy atom. The molecule has 7 unspecified atom stereocenters. The van der Waals surface area contributed by atoms with Crippen molar-refractivity contribution in [3.8, 4) is 0 Å². The van der Waals surface area contributed by atoms with E-state index in [1.165, 1.54) is 16.7 Å². The van der Waals surface area contributed by atoms with Crippen molar-refractivity contribution in [2.24, 2.45) is 51.2 Å².